The molecule has 0 radical (unpaired) electrons. The number of hydrogen-bond acceptors (Lipinski definition) is 3. The van der Waals surface area contributed by atoms with E-state index in [1.54, 1.807) is 24.3 Å². The van der Waals surface area contributed by atoms with Crippen molar-refractivity contribution >= 4 is 23.3 Å². The SMILES string of the molecule is CC(=O)CC(=O)NCc1ccc(NC(C)=O)cc1. The summed E-state index contributed by atoms with van der Waals surface area (Å²) >= 11 is 0. The zero-order valence-corrected chi connectivity index (χ0v) is 10.4. The van der Waals surface area contributed by atoms with E-state index in [0.29, 0.717) is 12.2 Å². The fraction of sp³-hybridized carbons (Fsp3) is 0.308. The number of Topliss-reactive ketones (excluding diaryl/α,β-unsaturated/α-hetero) is 1. The molecular formula is C13H16N2O3. The molecule has 2 amide bonds. The number of hydrogen-bond donors (Lipinski definition) is 2. The number of rotatable bonds is 5. The molecule has 0 saturated carbocycles. The zero-order valence-electron chi connectivity index (χ0n) is 10.4. The Kier molecular flexibility index (Phi) is 5.05. The zero-order chi connectivity index (χ0) is 13.5. The fourth-order valence-corrected chi connectivity index (χ4v) is 1.40. The van der Waals surface area contributed by atoms with Crippen LogP contribution in [0.5, 0.6) is 0 Å². The number of anilines is 1. The molecule has 5 heteroatoms. The van der Waals surface area contributed by atoms with E-state index in [9.17, 15) is 14.4 Å². The third-order valence-corrected chi connectivity index (χ3v) is 2.17. The smallest absolute Gasteiger partial charge is 0.227 e. The second-order valence-electron chi connectivity index (χ2n) is 4.03. The molecule has 0 fully saturated rings. The number of carbonyl (C=O) groups excluding carboxylic acids is 3. The van der Waals surface area contributed by atoms with Gasteiger partial charge < -0.3 is 10.6 Å². The van der Waals surface area contributed by atoms with Crippen molar-refractivity contribution in [2.45, 2.75) is 26.8 Å². The van der Waals surface area contributed by atoms with Crippen molar-refractivity contribution in [3.63, 3.8) is 0 Å². The first-order chi connectivity index (χ1) is 8.47. The minimum Gasteiger partial charge on any atom is -0.352 e. The van der Waals surface area contributed by atoms with Crippen LogP contribution in [0.4, 0.5) is 5.69 Å². The van der Waals surface area contributed by atoms with Gasteiger partial charge in [-0.3, -0.25) is 14.4 Å². The van der Waals surface area contributed by atoms with Gasteiger partial charge in [-0.2, -0.15) is 0 Å². The van der Waals surface area contributed by atoms with E-state index in [0.717, 1.165) is 5.56 Å². The van der Waals surface area contributed by atoms with Crippen LogP contribution in [0.2, 0.25) is 0 Å². The molecule has 0 aliphatic carbocycles. The maximum atomic E-state index is 11.3. The van der Waals surface area contributed by atoms with Gasteiger partial charge in [-0.15, -0.1) is 0 Å². The molecule has 0 spiro atoms. The number of nitrogens with one attached hydrogen (secondary N) is 2. The molecule has 96 valence electrons. The summed E-state index contributed by atoms with van der Waals surface area (Å²) in [6.07, 6.45) is -0.0933. The summed E-state index contributed by atoms with van der Waals surface area (Å²) in [5.41, 5.74) is 1.61. The van der Waals surface area contributed by atoms with Gasteiger partial charge in [0.05, 0.1) is 6.42 Å². The van der Waals surface area contributed by atoms with Crippen molar-refractivity contribution in [1.82, 2.24) is 5.32 Å². The Labute approximate surface area is 106 Å². The van der Waals surface area contributed by atoms with Gasteiger partial charge >= 0.3 is 0 Å². The van der Waals surface area contributed by atoms with Crippen LogP contribution in [0.3, 0.4) is 0 Å². The highest BCUT2D eigenvalue weighted by molar-refractivity contribution is 5.96. The van der Waals surface area contributed by atoms with Gasteiger partial charge in [0.2, 0.25) is 11.8 Å². The average molecular weight is 248 g/mol. The molecule has 1 rings (SSSR count). The van der Waals surface area contributed by atoms with Crippen molar-refractivity contribution < 1.29 is 14.4 Å². The van der Waals surface area contributed by atoms with Gasteiger partial charge in [-0.1, -0.05) is 12.1 Å². The lowest BCUT2D eigenvalue weighted by atomic mass is 10.2. The van der Waals surface area contributed by atoms with Crippen LogP contribution in [0.25, 0.3) is 0 Å². The molecule has 5 nitrogen and oxygen atoms in total. The van der Waals surface area contributed by atoms with Crippen molar-refractivity contribution in [3.05, 3.63) is 29.8 Å². The summed E-state index contributed by atoms with van der Waals surface area (Å²) in [5.74, 6) is -0.570. The molecule has 0 aliphatic rings. The minimum atomic E-state index is -0.284. The lowest BCUT2D eigenvalue weighted by Crippen LogP contribution is -2.24. The minimum absolute atomic E-state index is 0.0933. The van der Waals surface area contributed by atoms with E-state index in [4.69, 9.17) is 0 Å². The van der Waals surface area contributed by atoms with Crippen LogP contribution in [0, 0.1) is 0 Å². The van der Waals surface area contributed by atoms with Gasteiger partial charge in [0.25, 0.3) is 0 Å². The molecule has 0 aliphatic heterocycles. The van der Waals surface area contributed by atoms with E-state index >= 15 is 0 Å². The molecule has 0 saturated heterocycles. The highest BCUT2D eigenvalue weighted by Crippen LogP contribution is 2.09. The van der Waals surface area contributed by atoms with Crippen LogP contribution < -0.4 is 10.6 Å². The van der Waals surface area contributed by atoms with Crippen molar-refractivity contribution in [1.29, 1.82) is 0 Å². The summed E-state index contributed by atoms with van der Waals surface area (Å²) in [6, 6.07) is 7.13. The summed E-state index contributed by atoms with van der Waals surface area (Å²) in [4.78, 5) is 32.8. The molecule has 0 atom stereocenters. The third-order valence-electron chi connectivity index (χ3n) is 2.17. The molecular weight excluding hydrogens is 232 g/mol. The molecule has 1 aromatic carbocycles. The standard InChI is InChI=1S/C13H16N2O3/c1-9(16)7-13(18)14-8-11-3-5-12(6-4-11)15-10(2)17/h3-6H,7-8H2,1-2H3,(H,14,18)(H,15,17). The van der Waals surface area contributed by atoms with E-state index in [2.05, 4.69) is 10.6 Å². The summed E-state index contributed by atoms with van der Waals surface area (Å²) in [5, 5.41) is 5.30. The largest absolute Gasteiger partial charge is 0.352 e. The molecule has 2 N–H and O–H groups in total. The number of carbonyl (C=O) groups is 3. The van der Waals surface area contributed by atoms with E-state index in [1.165, 1.54) is 13.8 Å². The normalized spacial score (nSPS) is 9.67. The second kappa shape index (κ2) is 6.54. The first-order valence-corrected chi connectivity index (χ1v) is 5.60. The first-order valence-electron chi connectivity index (χ1n) is 5.60. The summed E-state index contributed by atoms with van der Waals surface area (Å²) in [6.45, 7) is 3.18. The van der Waals surface area contributed by atoms with Crippen molar-refractivity contribution in [2.75, 3.05) is 5.32 Å². The fourth-order valence-electron chi connectivity index (χ4n) is 1.40. The summed E-state index contributed by atoms with van der Waals surface area (Å²) in [7, 11) is 0. The number of benzene rings is 1. The van der Waals surface area contributed by atoms with E-state index < -0.39 is 0 Å². The predicted octanol–water partition coefficient (Wildman–Crippen LogP) is 1.24. The molecule has 0 heterocycles. The molecule has 0 unspecified atom stereocenters. The van der Waals surface area contributed by atoms with E-state index in [-0.39, 0.29) is 24.0 Å². The quantitative estimate of drug-likeness (QED) is 0.770. The number of amides is 2. The second-order valence-corrected chi connectivity index (χ2v) is 4.03. The Balaban J connectivity index is 2.46. The number of ketones is 1. The molecule has 0 bridgehead atoms. The Bertz CT molecular complexity index is 452. The first kappa shape index (κ1) is 13.9. The van der Waals surface area contributed by atoms with Gasteiger partial charge in [-0.05, 0) is 24.6 Å². The Hall–Kier alpha value is -2.17. The van der Waals surface area contributed by atoms with Crippen molar-refractivity contribution in [3.8, 4) is 0 Å². The van der Waals surface area contributed by atoms with Gasteiger partial charge in [0.1, 0.15) is 5.78 Å². The molecule has 1 aromatic rings. The maximum absolute atomic E-state index is 11.3. The predicted molar refractivity (Wildman–Crippen MR) is 67.9 cm³/mol. The third kappa shape index (κ3) is 5.25. The van der Waals surface area contributed by atoms with Gasteiger partial charge in [-0.25, -0.2) is 0 Å². The highest BCUT2D eigenvalue weighted by Gasteiger charge is 2.04. The Morgan fingerprint density at radius 3 is 2.17 bits per heavy atom. The summed E-state index contributed by atoms with van der Waals surface area (Å²) < 4.78 is 0. The van der Waals surface area contributed by atoms with Crippen LogP contribution in [-0.4, -0.2) is 17.6 Å². The van der Waals surface area contributed by atoms with Crippen LogP contribution in [0.1, 0.15) is 25.8 Å². The lowest BCUT2D eigenvalue weighted by molar-refractivity contribution is -0.127. The van der Waals surface area contributed by atoms with Crippen LogP contribution >= 0.6 is 0 Å². The van der Waals surface area contributed by atoms with Crippen molar-refractivity contribution in [2.24, 2.45) is 0 Å². The van der Waals surface area contributed by atoms with Gasteiger partial charge in [0.15, 0.2) is 0 Å². The maximum Gasteiger partial charge on any atom is 0.227 e. The highest BCUT2D eigenvalue weighted by atomic mass is 16.2. The molecule has 18 heavy (non-hydrogen) atoms. The van der Waals surface area contributed by atoms with E-state index in [1.807, 2.05) is 0 Å². The topological polar surface area (TPSA) is 75.3 Å². The lowest BCUT2D eigenvalue weighted by Gasteiger charge is -2.06. The van der Waals surface area contributed by atoms with Gasteiger partial charge in [0, 0.05) is 19.2 Å². The average Bonchev–Trinajstić information content (AvgIpc) is 2.26. The Morgan fingerprint density at radius 2 is 1.67 bits per heavy atom. The monoisotopic (exact) mass is 248 g/mol. The van der Waals surface area contributed by atoms with Crippen LogP contribution in [-0.2, 0) is 20.9 Å². The van der Waals surface area contributed by atoms with Crippen LogP contribution in [0.15, 0.2) is 24.3 Å². The molecule has 0 aromatic heterocycles. The Morgan fingerprint density at radius 1 is 1.06 bits per heavy atom.